The lowest BCUT2D eigenvalue weighted by Gasteiger charge is -2.33. The third-order valence-corrected chi connectivity index (χ3v) is 8.35. The van der Waals surface area contributed by atoms with Gasteiger partial charge in [0.15, 0.2) is 0 Å². The van der Waals surface area contributed by atoms with Crippen molar-refractivity contribution in [2.75, 3.05) is 32.7 Å². The molecule has 3 aromatic rings. The monoisotopic (exact) mass is 443 g/mol. The van der Waals surface area contributed by atoms with Crippen LogP contribution in [-0.4, -0.2) is 56.3 Å². The van der Waals surface area contributed by atoms with Crippen molar-refractivity contribution in [3.05, 3.63) is 64.9 Å². The van der Waals surface area contributed by atoms with E-state index < -0.39 is 10.0 Å². The summed E-state index contributed by atoms with van der Waals surface area (Å²) in [4.78, 5) is 15.8. The van der Waals surface area contributed by atoms with E-state index in [9.17, 15) is 13.2 Å². The van der Waals surface area contributed by atoms with Gasteiger partial charge in [-0.2, -0.15) is 4.31 Å². The van der Waals surface area contributed by atoms with Gasteiger partial charge in [-0.3, -0.25) is 9.69 Å². The number of amides is 1. The number of carbonyl (C=O) groups is 1. The number of fused-ring (bicyclic) bond motifs is 1. The van der Waals surface area contributed by atoms with E-state index >= 15 is 0 Å². The average molecular weight is 444 g/mol. The molecule has 2 heterocycles. The van der Waals surface area contributed by atoms with Gasteiger partial charge in [-0.1, -0.05) is 36.4 Å². The number of piperazine rings is 1. The topological polar surface area (TPSA) is 69.7 Å². The molecule has 30 heavy (non-hydrogen) atoms. The van der Waals surface area contributed by atoms with E-state index in [4.69, 9.17) is 0 Å². The second-order valence-corrected chi connectivity index (χ2v) is 10.4. The second-order valence-electron chi connectivity index (χ2n) is 7.49. The maximum absolute atomic E-state index is 13.1. The van der Waals surface area contributed by atoms with Crippen molar-refractivity contribution in [3.8, 4) is 0 Å². The molecular weight excluding hydrogens is 418 g/mol. The van der Waals surface area contributed by atoms with E-state index in [1.807, 2.05) is 59.7 Å². The van der Waals surface area contributed by atoms with Crippen molar-refractivity contribution < 1.29 is 13.2 Å². The number of nitrogens with one attached hydrogen (secondary N) is 1. The number of benzene rings is 2. The first-order valence-corrected chi connectivity index (χ1v) is 12.3. The minimum absolute atomic E-state index is 0.0212. The first-order chi connectivity index (χ1) is 14.4. The van der Waals surface area contributed by atoms with Gasteiger partial charge in [0.2, 0.25) is 15.9 Å². The molecule has 1 aliphatic heterocycles. The molecule has 1 N–H and O–H groups in total. The van der Waals surface area contributed by atoms with Crippen molar-refractivity contribution in [1.82, 2.24) is 14.5 Å². The Labute approximate surface area is 181 Å². The molecule has 1 atom stereocenters. The molecule has 0 bridgehead atoms. The fraction of sp³-hybridized carbons (Fsp3) is 0.318. The molecule has 0 spiro atoms. The van der Waals surface area contributed by atoms with Gasteiger partial charge in [0.25, 0.3) is 0 Å². The number of rotatable bonds is 6. The third-order valence-electron chi connectivity index (χ3n) is 5.40. The van der Waals surface area contributed by atoms with E-state index in [0.717, 1.165) is 15.6 Å². The lowest BCUT2D eigenvalue weighted by Crippen LogP contribution is -2.51. The SMILES string of the molecule is C[C@H](NC(=O)CN1CCN(S(=O)(=O)c2ccc3ccccc3c2)CC1)c1cccs1. The van der Waals surface area contributed by atoms with E-state index in [-0.39, 0.29) is 18.5 Å². The molecule has 1 saturated heterocycles. The van der Waals surface area contributed by atoms with Gasteiger partial charge in [-0.05, 0) is 41.3 Å². The summed E-state index contributed by atoms with van der Waals surface area (Å²) in [5, 5.41) is 6.93. The summed E-state index contributed by atoms with van der Waals surface area (Å²) < 4.78 is 27.6. The highest BCUT2D eigenvalue weighted by Gasteiger charge is 2.29. The van der Waals surface area contributed by atoms with Crippen molar-refractivity contribution in [2.45, 2.75) is 17.9 Å². The highest BCUT2D eigenvalue weighted by molar-refractivity contribution is 7.89. The molecule has 0 aliphatic carbocycles. The van der Waals surface area contributed by atoms with Crippen LogP contribution in [0.4, 0.5) is 0 Å². The molecule has 1 fully saturated rings. The Morgan fingerprint density at radius 2 is 1.77 bits per heavy atom. The molecule has 8 heteroatoms. The lowest BCUT2D eigenvalue weighted by atomic mass is 10.1. The van der Waals surface area contributed by atoms with Crippen molar-refractivity contribution in [2.24, 2.45) is 0 Å². The maximum Gasteiger partial charge on any atom is 0.243 e. The Hall–Kier alpha value is -2.26. The summed E-state index contributed by atoms with van der Waals surface area (Å²) in [7, 11) is -3.55. The zero-order valence-electron chi connectivity index (χ0n) is 16.8. The molecular formula is C22H25N3O3S2. The van der Waals surface area contributed by atoms with Gasteiger partial charge in [-0.15, -0.1) is 11.3 Å². The van der Waals surface area contributed by atoms with Crippen molar-refractivity contribution >= 4 is 38.0 Å². The number of carbonyl (C=O) groups excluding carboxylic acids is 1. The van der Waals surface area contributed by atoms with Crippen LogP contribution in [-0.2, 0) is 14.8 Å². The standard InChI is InChI=1S/C22H25N3O3S2/c1-17(21-7-4-14-29-21)23-22(26)16-24-10-12-25(13-11-24)30(27,28)20-9-8-18-5-2-3-6-19(18)15-20/h2-9,14-15,17H,10-13,16H2,1H3,(H,23,26)/t17-/m0/s1. The molecule has 0 radical (unpaired) electrons. The van der Waals surface area contributed by atoms with Gasteiger partial charge in [0.1, 0.15) is 0 Å². The summed E-state index contributed by atoms with van der Waals surface area (Å²) >= 11 is 1.62. The van der Waals surface area contributed by atoms with Crippen LogP contribution in [0.15, 0.2) is 64.9 Å². The fourth-order valence-corrected chi connectivity index (χ4v) is 5.90. The van der Waals surface area contributed by atoms with Gasteiger partial charge in [0, 0.05) is 31.1 Å². The highest BCUT2D eigenvalue weighted by Crippen LogP contribution is 2.23. The Morgan fingerprint density at radius 1 is 1.03 bits per heavy atom. The van der Waals surface area contributed by atoms with Crippen LogP contribution < -0.4 is 5.32 Å². The quantitative estimate of drug-likeness (QED) is 0.636. The minimum Gasteiger partial charge on any atom is -0.348 e. The highest BCUT2D eigenvalue weighted by atomic mass is 32.2. The minimum atomic E-state index is -3.55. The Balaban J connectivity index is 1.34. The van der Waals surface area contributed by atoms with Gasteiger partial charge in [-0.25, -0.2) is 8.42 Å². The predicted octanol–water partition coefficient (Wildman–Crippen LogP) is 3.09. The van der Waals surface area contributed by atoms with Crippen LogP contribution in [0.1, 0.15) is 17.8 Å². The van der Waals surface area contributed by atoms with Crippen LogP contribution in [0.5, 0.6) is 0 Å². The van der Waals surface area contributed by atoms with Crippen molar-refractivity contribution in [3.63, 3.8) is 0 Å². The van der Waals surface area contributed by atoms with Crippen LogP contribution >= 0.6 is 11.3 Å². The molecule has 2 aromatic carbocycles. The number of thiophene rings is 1. The van der Waals surface area contributed by atoms with E-state index in [0.29, 0.717) is 31.1 Å². The van der Waals surface area contributed by atoms with Crippen LogP contribution in [0.3, 0.4) is 0 Å². The summed E-state index contributed by atoms with van der Waals surface area (Å²) in [5.41, 5.74) is 0. The summed E-state index contributed by atoms with van der Waals surface area (Å²) in [6, 6.07) is 16.9. The van der Waals surface area contributed by atoms with Crippen LogP contribution in [0, 0.1) is 0 Å². The van der Waals surface area contributed by atoms with Gasteiger partial charge >= 0.3 is 0 Å². The van der Waals surface area contributed by atoms with Crippen LogP contribution in [0.25, 0.3) is 10.8 Å². The molecule has 6 nitrogen and oxygen atoms in total. The van der Waals surface area contributed by atoms with E-state index in [1.165, 1.54) is 4.31 Å². The first-order valence-electron chi connectivity index (χ1n) is 9.97. The largest absolute Gasteiger partial charge is 0.348 e. The normalized spacial score (nSPS) is 17.1. The summed E-state index contributed by atoms with van der Waals surface area (Å²) in [5.74, 6) is -0.0401. The van der Waals surface area contributed by atoms with Crippen LogP contribution in [0.2, 0.25) is 0 Å². The zero-order chi connectivity index (χ0) is 21.1. The zero-order valence-corrected chi connectivity index (χ0v) is 18.5. The molecule has 0 saturated carbocycles. The second kappa shape index (κ2) is 8.85. The third kappa shape index (κ3) is 4.57. The Morgan fingerprint density at radius 3 is 2.47 bits per heavy atom. The van der Waals surface area contributed by atoms with Gasteiger partial charge < -0.3 is 5.32 Å². The smallest absolute Gasteiger partial charge is 0.243 e. The lowest BCUT2D eigenvalue weighted by molar-refractivity contribution is -0.123. The molecule has 0 unspecified atom stereocenters. The fourth-order valence-electron chi connectivity index (χ4n) is 3.70. The number of hydrogen-bond donors (Lipinski definition) is 1. The molecule has 158 valence electrons. The molecule has 4 rings (SSSR count). The molecule has 1 aliphatic rings. The summed E-state index contributed by atoms with van der Waals surface area (Å²) in [6.45, 7) is 4.07. The average Bonchev–Trinajstić information content (AvgIpc) is 3.29. The van der Waals surface area contributed by atoms with Crippen molar-refractivity contribution in [1.29, 1.82) is 0 Å². The Kier molecular flexibility index (Phi) is 6.19. The molecule has 1 amide bonds. The Bertz CT molecular complexity index is 1120. The molecule has 1 aromatic heterocycles. The number of sulfonamides is 1. The van der Waals surface area contributed by atoms with Gasteiger partial charge in [0.05, 0.1) is 17.5 Å². The number of hydrogen-bond acceptors (Lipinski definition) is 5. The summed E-state index contributed by atoms with van der Waals surface area (Å²) in [6.07, 6.45) is 0. The predicted molar refractivity (Wildman–Crippen MR) is 120 cm³/mol. The number of nitrogens with zero attached hydrogens (tertiary/aromatic N) is 2. The maximum atomic E-state index is 13.1. The van der Waals surface area contributed by atoms with E-state index in [1.54, 1.807) is 23.5 Å². The first kappa shape index (κ1) is 21.0. The van der Waals surface area contributed by atoms with E-state index in [2.05, 4.69) is 5.32 Å².